The van der Waals surface area contributed by atoms with E-state index in [4.69, 9.17) is 11.5 Å². The Morgan fingerprint density at radius 1 is 0.843 bits per heavy atom. The van der Waals surface area contributed by atoms with E-state index in [1.54, 1.807) is 24.3 Å². The average molecular weight is 707 g/mol. The number of H-pyrrole nitrogens is 1. The maximum absolute atomic E-state index is 13.8. The summed E-state index contributed by atoms with van der Waals surface area (Å²) in [6, 6.07) is 6.72. The molecule has 274 valence electrons. The zero-order valence-corrected chi connectivity index (χ0v) is 28.2. The molecule has 0 radical (unpaired) electrons. The number of amides is 4. The molecule has 51 heavy (non-hydrogen) atoms. The minimum Gasteiger partial charge on any atom is -0.508 e. The van der Waals surface area contributed by atoms with Crippen LogP contribution in [0.4, 0.5) is 0 Å². The van der Waals surface area contributed by atoms with Crippen LogP contribution in [0.5, 0.6) is 11.5 Å². The molecule has 0 bridgehead atoms. The van der Waals surface area contributed by atoms with E-state index in [1.807, 2.05) is 0 Å². The first-order chi connectivity index (χ1) is 24.4. The van der Waals surface area contributed by atoms with Crippen LogP contribution in [0.25, 0.3) is 0 Å². The summed E-state index contributed by atoms with van der Waals surface area (Å²) in [6.07, 6.45) is 5.06. The quantitative estimate of drug-likeness (QED) is 0.0784. The molecule has 0 aliphatic carbocycles. The van der Waals surface area contributed by atoms with Crippen molar-refractivity contribution >= 4 is 29.6 Å². The Hall–Kier alpha value is -5.48. The Bertz CT molecular complexity index is 1620. The number of benzene rings is 2. The van der Waals surface area contributed by atoms with E-state index in [1.165, 1.54) is 41.7 Å². The Kier molecular flexibility index (Phi) is 13.9. The number of carbonyl (C=O) groups is 5. The van der Waals surface area contributed by atoms with Crippen LogP contribution in [0, 0.1) is 0 Å². The molecule has 2 heterocycles. The number of aromatic hydroxyl groups is 2. The second kappa shape index (κ2) is 18.5. The number of aromatic amines is 1. The fraction of sp³-hybridized carbons (Fsp3) is 0.429. The number of imidazole rings is 1. The SMILES string of the molecule is NCCCC[C@H](NC(=O)[C@H](Cc1cnc[nH]1)NC(=O)[C@@H]1CCCN1C(=O)[C@@H](N)Cc1ccc(O)cc1)C(=O)N[C@@H](Cc1ccc(O)cc1)C(=O)O. The molecule has 5 atom stereocenters. The van der Waals surface area contributed by atoms with Gasteiger partial charge in [-0.25, -0.2) is 9.78 Å². The number of carboxylic acid groups (broad SMARTS) is 1. The largest absolute Gasteiger partial charge is 0.508 e. The summed E-state index contributed by atoms with van der Waals surface area (Å²) in [5, 5.41) is 37.0. The second-order valence-electron chi connectivity index (χ2n) is 12.6. The molecule has 16 nitrogen and oxygen atoms in total. The van der Waals surface area contributed by atoms with Gasteiger partial charge in [0.05, 0.1) is 12.4 Å². The minimum absolute atomic E-state index is 0.00976. The van der Waals surface area contributed by atoms with Crippen molar-refractivity contribution in [1.82, 2.24) is 30.8 Å². The van der Waals surface area contributed by atoms with Crippen LogP contribution in [-0.2, 0) is 43.2 Å². The van der Waals surface area contributed by atoms with E-state index in [-0.39, 0.29) is 37.2 Å². The molecular weight excluding hydrogens is 660 g/mol. The molecule has 1 fully saturated rings. The number of nitrogens with two attached hydrogens (primary N) is 2. The van der Waals surface area contributed by atoms with Gasteiger partial charge in [-0.3, -0.25) is 19.2 Å². The number of nitrogens with one attached hydrogen (secondary N) is 4. The van der Waals surface area contributed by atoms with E-state index < -0.39 is 59.8 Å². The lowest BCUT2D eigenvalue weighted by Crippen LogP contribution is -2.58. The first kappa shape index (κ1) is 38.3. The van der Waals surface area contributed by atoms with E-state index in [0.29, 0.717) is 50.0 Å². The van der Waals surface area contributed by atoms with E-state index in [2.05, 4.69) is 25.9 Å². The molecule has 0 unspecified atom stereocenters. The van der Waals surface area contributed by atoms with Crippen LogP contribution in [0.2, 0.25) is 0 Å². The summed E-state index contributed by atoms with van der Waals surface area (Å²) < 4.78 is 0. The van der Waals surface area contributed by atoms with Gasteiger partial charge in [0.15, 0.2) is 0 Å². The van der Waals surface area contributed by atoms with E-state index in [0.717, 1.165) is 5.56 Å². The van der Waals surface area contributed by atoms with Crippen LogP contribution >= 0.6 is 0 Å². The van der Waals surface area contributed by atoms with Crippen molar-refractivity contribution in [2.45, 2.75) is 81.6 Å². The van der Waals surface area contributed by atoms with Crippen LogP contribution in [0.3, 0.4) is 0 Å². The molecule has 2 aromatic carbocycles. The van der Waals surface area contributed by atoms with Gasteiger partial charge in [-0.2, -0.15) is 0 Å². The van der Waals surface area contributed by atoms with Gasteiger partial charge in [-0.05, 0) is 80.5 Å². The summed E-state index contributed by atoms with van der Waals surface area (Å²) in [4.78, 5) is 74.8. The number of carbonyl (C=O) groups excluding carboxylic acids is 4. The van der Waals surface area contributed by atoms with Gasteiger partial charge >= 0.3 is 5.97 Å². The lowest BCUT2D eigenvalue weighted by molar-refractivity contribution is -0.142. The number of aliphatic carboxylic acids is 1. The number of likely N-dealkylation sites (tertiary alicyclic amines) is 1. The number of nitrogens with zero attached hydrogens (tertiary/aromatic N) is 2. The highest BCUT2D eigenvalue weighted by Gasteiger charge is 2.38. The van der Waals surface area contributed by atoms with Gasteiger partial charge in [0.2, 0.25) is 23.6 Å². The Morgan fingerprint density at radius 3 is 2.04 bits per heavy atom. The second-order valence-corrected chi connectivity index (χ2v) is 12.6. The highest BCUT2D eigenvalue weighted by Crippen LogP contribution is 2.20. The van der Waals surface area contributed by atoms with Gasteiger partial charge in [-0.1, -0.05) is 24.3 Å². The molecule has 1 aliphatic rings. The summed E-state index contributed by atoms with van der Waals surface area (Å²) in [6.45, 7) is 0.643. The summed E-state index contributed by atoms with van der Waals surface area (Å²) in [5.74, 6) is -3.61. The van der Waals surface area contributed by atoms with Crippen molar-refractivity contribution in [2.24, 2.45) is 11.5 Å². The standard InChI is InChI=1S/C35H46N8O8/c36-14-2-1-4-27(31(46)42-29(35(50)51)17-22-8-12-25(45)13-9-22)40-32(47)28(18-23-19-38-20-39-23)41-33(48)30-5-3-15-43(30)34(49)26(37)16-21-6-10-24(44)11-7-21/h6-13,19-20,26-30,44-45H,1-5,14-18,36-37H2,(H,38,39)(H,40,47)(H,41,48)(H,42,46)(H,50,51)/t26-,27-,28-,29-,30-/m0/s1. The van der Waals surface area contributed by atoms with Crippen LogP contribution in [0.15, 0.2) is 61.1 Å². The number of hydrogen-bond donors (Lipinski definition) is 9. The number of hydrogen-bond acceptors (Lipinski definition) is 10. The predicted octanol–water partition coefficient (Wildman–Crippen LogP) is -0.165. The van der Waals surface area contributed by atoms with Gasteiger partial charge in [0.1, 0.15) is 35.7 Å². The Labute approximate surface area is 295 Å². The van der Waals surface area contributed by atoms with Crippen molar-refractivity contribution in [2.75, 3.05) is 13.1 Å². The van der Waals surface area contributed by atoms with E-state index >= 15 is 0 Å². The average Bonchev–Trinajstić information content (AvgIpc) is 3.82. The van der Waals surface area contributed by atoms with Crippen molar-refractivity contribution < 1.29 is 39.3 Å². The lowest BCUT2D eigenvalue weighted by Gasteiger charge is -2.29. The van der Waals surface area contributed by atoms with Crippen molar-refractivity contribution in [1.29, 1.82) is 0 Å². The maximum atomic E-state index is 13.8. The third-order valence-electron chi connectivity index (χ3n) is 8.73. The molecule has 1 aliphatic heterocycles. The van der Waals surface area contributed by atoms with E-state index in [9.17, 15) is 39.3 Å². The number of phenolic OH excluding ortho intramolecular Hbond substituents is 2. The zero-order chi connectivity index (χ0) is 36.9. The van der Waals surface area contributed by atoms with Crippen molar-refractivity contribution in [3.8, 4) is 11.5 Å². The summed E-state index contributed by atoms with van der Waals surface area (Å²) >= 11 is 0. The van der Waals surface area contributed by atoms with Crippen LogP contribution in [0.1, 0.15) is 48.9 Å². The molecular formula is C35H46N8O8. The van der Waals surface area contributed by atoms with Gasteiger partial charge < -0.3 is 52.6 Å². The number of phenols is 2. The Balaban J connectivity index is 1.47. The predicted molar refractivity (Wildman–Crippen MR) is 185 cm³/mol. The summed E-state index contributed by atoms with van der Waals surface area (Å²) in [5.41, 5.74) is 13.7. The van der Waals surface area contributed by atoms with Crippen molar-refractivity contribution in [3.05, 3.63) is 77.9 Å². The smallest absolute Gasteiger partial charge is 0.326 e. The third kappa shape index (κ3) is 11.3. The fourth-order valence-corrected chi connectivity index (χ4v) is 5.96. The molecule has 0 saturated carbocycles. The molecule has 4 rings (SSSR count). The number of unbranched alkanes of at least 4 members (excludes halogenated alkanes) is 1. The molecule has 1 aromatic heterocycles. The van der Waals surface area contributed by atoms with Gasteiger partial charge in [0.25, 0.3) is 0 Å². The number of carboxylic acids is 1. The molecule has 16 heteroatoms. The number of aromatic nitrogens is 2. The van der Waals surface area contributed by atoms with Gasteiger partial charge in [0, 0.05) is 31.3 Å². The topological polar surface area (TPSA) is 266 Å². The summed E-state index contributed by atoms with van der Waals surface area (Å²) in [7, 11) is 0. The fourth-order valence-electron chi connectivity index (χ4n) is 5.96. The highest BCUT2D eigenvalue weighted by atomic mass is 16.4. The van der Waals surface area contributed by atoms with Gasteiger partial charge in [-0.15, -0.1) is 0 Å². The van der Waals surface area contributed by atoms with Crippen molar-refractivity contribution in [3.63, 3.8) is 0 Å². The van der Waals surface area contributed by atoms with Crippen LogP contribution in [-0.4, -0.2) is 103 Å². The first-order valence-corrected chi connectivity index (χ1v) is 16.9. The normalized spacial score (nSPS) is 16.4. The molecule has 0 spiro atoms. The lowest BCUT2D eigenvalue weighted by atomic mass is 10.0. The molecule has 3 aromatic rings. The zero-order valence-electron chi connectivity index (χ0n) is 28.2. The molecule has 4 amide bonds. The third-order valence-corrected chi connectivity index (χ3v) is 8.73. The minimum atomic E-state index is -1.33. The molecule has 1 saturated heterocycles. The highest BCUT2D eigenvalue weighted by molar-refractivity contribution is 5.95. The monoisotopic (exact) mass is 706 g/mol. The van der Waals surface area contributed by atoms with Crippen LogP contribution < -0.4 is 27.4 Å². The maximum Gasteiger partial charge on any atom is 0.326 e. The first-order valence-electron chi connectivity index (χ1n) is 16.9. The molecule has 11 N–H and O–H groups in total. The number of rotatable bonds is 18. The Morgan fingerprint density at radius 2 is 1.45 bits per heavy atom.